The van der Waals surface area contributed by atoms with E-state index >= 15 is 0 Å². The van der Waals surface area contributed by atoms with E-state index in [0.717, 1.165) is 11.3 Å². The zero-order chi connectivity index (χ0) is 26.2. The number of ether oxygens (including phenoxy) is 2. The van der Waals surface area contributed by atoms with Crippen molar-refractivity contribution >= 4 is 34.2 Å². The Morgan fingerprint density at radius 2 is 1.97 bits per heavy atom. The van der Waals surface area contributed by atoms with Gasteiger partial charge >= 0.3 is 0 Å². The van der Waals surface area contributed by atoms with E-state index in [9.17, 15) is 8.78 Å². The van der Waals surface area contributed by atoms with Crippen molar-refractivity contribution in [3.05, 3.63) is 59.7 Å². The molecule has 0 fully saturated rings. The molecule has 0 aliphatic carbocycles. The molecule has 1 aliphatic heterocycles. The summed E-state index contributed by atoms with van der Waals surface area (Å²) >= 11 is 0. The van der Waals surface area contributed by atoms with E-state index in [-0.39, 0.29) is 11.2 Å². The average molecular weight is 520 g/mol. The quantitative estimate of drug-likeness (QED) is 0.281. The highest BCUT2D eigenvalue weighted by Crippen LogP contribution is 2.38. The fraction of sp³-hybridized carbons (Fsp3) is 0.240. The molecule has 0 atom stereocenters. The summed E-state index contributed by atoms with van der Waals surface area (Å²) in [5.41, 5.74) is 4.82. The molecule has 5 heterocycles. The number of hydrogen-bond donors (Lipinski definition) is 3. The topological polar surface area (TPSA) is 128 Å². The third-order valence-electron chi connectivity index (χ3n) is 6.11. The fourth-order valence-electron chi connectivity index (χ4n) is 4.37. The Kier molecular flexibility index (Phi) is 6.04. The second kappa shape index (κ2) is 9.67. The molecule has 6 rings (SSSR count). The predicted molar refractivity (Wildman–Crippen MR) is 136 cm³/mol. The van der Waals surface area contributed by atoms with Crippen LogP contribution in [0.1, 0.15) is 23.5 Å². The van der Waals surface area contributed by atoms with Gasteiger partial charge in [0.2, 0.25) is 0 Å². The van der Waals surface area contributed by atoms with E-state index < -0.39 is 12.2 Å². The maximum absolute atomic E-state index is 13.5. The largest absolute Gasteiger partial charge is 0.494 e. The zero-order valence-corrected chi connectivity index (χ0v) is 20.5. The van der Waals surface area contributed by atoms with E-state index in [0.29, 0.717) is 59.7 Å². The number of rotatable bonds is 7. The van der Waals surface area contributed by atoms with Gasteiger partial charge in [-0.2, -0.15) is 15.0 Å². The summed E-state index contributed by atoms with van der Waals surface area (Å²) in [5.74, 6) is 1.02. The van der Waals surface area contributed by atoms with E-state index in [1.165, 1.54) is 4.80 Å². The number of hydrogen-bond acceptors (Lipinski definition) is 9. The first-order valence-corrected chi connectivity index (χ1v) is 11.8. The normalized spacial score (nSPS) is 13.1. The van der Waals surface area contributed by atoms with Crippen LogP contribution < -0.4 is 15.4 Å². The maximum atomic E-state index is 13.5. The predicted octanol–water partition coefficient (Wildman–Crippen LogP) is 4.65. The van der Waals surface area contributed by atoms with Gasteiger partial charge in [0, 0.05) is 25.1 Å². The van der Waals surface area contributed by atoms with Crippen molar-refractivity contribution in [3.8, 4) is 17.0 Å². The molecular weight excluding hydrogens is 496 g/mol. The van der Waals surface area contributed by atoms with Gasteiger partial charge in [-0.15, -0.1) is 0 Å². The first-order chi connectivity index (χ1) is 18.5. The Labute approximate surface area is 215 Å². The van der Waals surface area contributed by atoms with E-state index in [1.807, 2.05) is 30.3 Å². The second-order valence-electron chi connectivity index (χ2n) is 8.64. The lowest BCUT2D eigenvalue weighted by Gasteiger charge is -2.17. The summed E-state index contributed by atoms with van der Waals surface area (Å²) in [6.45, 7) is 1.14. The van der Waals surface area contributed by atoms with Gasteiger partial charge in [-0.1, -0.05) is 12.1 Å². The van der Waals surface area contributed by atoms with Crippen molar-refractivity contribution in [1.82, 2.24) is 34.9 Å². The molecule has 1 aromatic carbocycles. The Bertz CT molecular complexity index is 1630. The first kappa shape index (κ1) is 23.7. The van der Waals surface area contributed by atoms with Crippen LogP contribution in [-0.4, -0.2) is 48.6 Å². The number of fused-ring (bicyclic) bond motifs is 2. The standard InChI is InChI=1S/C25H23F2N9O2/c1-36-28-11-18(35-36)14-4-3-5-16(22(14)37-2)29-17-10-20(32-24-21(17)33-25(34-24)23(26)27)31-19-7-6-13-12-38-9-8-15(13)30-19/h3-7,10-11,23H,8-9,12H2,1-2H3,(H3,29,30,31,32,33,34). The van der Waals surface area contributed by atoms with Gasteiger partial charge in [-0.3, -0.25) is 0 Å². The molecule has 13 heteroatoms. The summed E-state index contributed by atoms with van der Waals surface area (Å²) < 4.78 is 38.2. The van der Waals surface area contributed by atoms with Crippen molar-refractivity contribution in [2.24, 2.45) is 7.05 Å². The summed E-state index contributed by atoms with van der Waals surface area (Å²) in [4.78, 5) is 17.3. The summed E-state index contributed by atoms with van der Waals surface area (Å²) in [6.07, 6.45) is -0.439. The minimum atomic E-state index is -2.78. The number of nitrogens with one attached hydrogen (secondary N) is 3. The van der Waals surface area contributed by atoms with Crippen molar-refractivity contribution < 1.29 is 18.3 Å². The number of aromatic amines is 1. The molecule has 11 nitrogen and oxygen atoms in total. The van der Waals surface area contributed by atoms with Gasteiger partial charge in [0.1, 0.15) is 22.8 Å². The van der Waals surface area contributed by atoms with Crippen molar-refractivity contribution in [2.75, 3.05) is 24.4 Å². The summed E-state index contributed by atoms with van der Waals surface area (Å²) in [6, 6.07) is 11.0. The lowest BCUT2D eigenvalue weighted by Crippen LogP contribution is -2.12. The second-order valence-corrected chi connectivity index (χ2v) is 8.64. The van der Waals surface area contributed by atoms with Crippen LogP contribution in [0.3, 0.4) is 0 Å². The molecule has 0 radical (unpaired) electrons. The van der Waals surface area contributed by atoms with Crippen molar-refractivity contribution in [3.63, 3.8) is 0 Å². The maximum Gasteiger partial charge on any atom is 0.295 e. The number of imidazole rings is 1. The number of anilines is 4. The van der Waals surface area contributed by atoms with E-state index in [2.05, 4.69) is 40.8 Å². The minimum absolute atomic E-state index is 0.197. The lowest BCUT2D eigenvalue weighted by molar-refractivity contribution is 0.109. The van der Waals surface area contributed by atoms with E-state index in [4.69, 9.17) is 9.47 Å². The van der Waals surface area contributed by atoms with Crippen LogP contribution in [0.2, 0.25) is 0 Å². The van der Waals surface area contributed by atoms with Gasteiger partial charge < -0.3 is 25.1 Å². The molecule has 0 bridgehead atoms. The molecule has 38 heavy (non-hydrogen) atoms. The number of nitrogens with zero attached hydrogens (tertiary/aromatic N) is 6. The van der Waals surface area contributed by atoms with Crippen LogP contribution in [0.5, 0.6) is 5.75 Å². The number of pyridine rings is 2. The first-order valence-electron chi connectivity index (χ1n) is 11.8. The van der Waals surface area contributed by atoms with Gasteiger partial charge in [-0.25, -0.2) is 23.7 Å². The van der Waals surface area contributed by atoms with Crippen molar-refractivity contribution in [1.29, 1.82) is 0 Å². The number of H-pyrrole nitrogens is 1. The monoisotopic (exact) mass is 519 g/mol. The average Bonchev–Trinajstić information content (AvgIpc) is 3.55. The zero-order valence-electron chi connectivity index (χ0n) is 20.5. The smallest absolute Gasteiger partial charge is 0.295 e. The molecule has 194 valence electrons. The molecule has 0 spiro atoms. The highest BCUT2D eigenvalue weighted by molar-refractivity contribution is 5.92. The van der Waals surface area contributed by atoms with Crippen LogP contribution in [0.4, 0.5) is 31.8 Å². The molecule has 0 saturated heterocycles. The molecule has 0 amide bonds. The number of aromatic nitrogens is 7. The number of aryl methyl sites for hydroxylation is 1. The molecule has 4 aromatic heterocycles. The van der Waals surface area contributed by atoms with Crippen LogP contribution in [0.15, 0.2) is 42.6 Å². The third-order valence-corrected chi connectivity index (χ3v) is 6.11. The van der Waals surface area contributed by atoms with E-state index in [1.54, 1.807) is 26.4 Å². The molecule has 0 unspecified atom stereocenters. The number of methoxy groups -OCH3 is 1. The summed E-state index contributed by atoms with van der Waals surface area (Å²) in [7, 11) is 3.27. The highest BCUT2D eigenvalue weighted by atomic mass is 19.3. The molecular formula is C25H23F2N9O2. The number of alkyl halides is 2. The minimum Gasteiger partial charge on any atom is -0.494 e. The van der Waals surface area contributed by atoms with Gasteiger partial charge in [0.05, 0.1) is 43.6 Å². The molecule has 3 N–H and O–H groups in total. The van der Waals surface area contributed by atoms with Crippen molar-refractivity contribution in [2.45, 2.75) is 19.5 Å². The number of para-hydroxylation sites is 1. The summed E-state index contributed by atoms with van der Waals surface area (Å²) in [5, 5.41) is 15.0. The van der Waals surface area contributed by atoms with Crippen LogP contribution in [0, 0.1) is 0 Å². The van der Waals surface area contributed by atoms with Gasteiger partial charge in [-0.05, 0) is 23.8 Å². The van der Waals surface area contributed by atoms with Gasteiger partial charge in [0.25, 0.3) is 6.43 Å². The number of halogens is 2. The van der Waals surface area contributed by atoms with Crippen LogP contribution in [-0.2, 0) is 24.8 Å². The Morgan fingerprint density at radius 3 is 2.76 bits per heavy atom. The third kappa shape index (κ3) is 4.47. The number of benzene rings is 1. The highest BCUT2D eigenvalue weighted by Gasteiger charge is 2.20. The van der Waals surface area contributed by atoms with Crippen LogP contribution in [0.25, 0.3) is 22.4 Å². The SMILES string of the molecule is COc1c(Nc2cc(Nc3ccc4c(n3)CCOC4)nc3[nH]c(C(F)F)nc23)cccc1-c1cnn(C)n1. The Balaban J connectivity index is 1.41. The molecule has 5 aromatic rings. The Hall–Kier alpha value is -4.65. The molecule has 0 saturated carbocycles. The van der Waals surface area contributed by atoms with Gasteiger partial charge in [0.15, 0.2) is 17.2 Å². The fourth-order valence-corrected chi connectivity index (χ4v) is 4.37. The lowest BCUT2D eigenvalue weighted by atomic mass is 10.1. The van der Waals surface area contributed by atoms with Crippen LogP contribution >= 0.6 is 0 Å². The molecule has 1 aliphatic rings. The Morgan fingerprint density at radius 1 is 1.08 bits per heavy atom.